The van der Waals surface area contributed by atoms with Crippen LogP contribution in [0.1, 0.15) is 26.7 Å². The van der Waals surface area contributed by atoms with Crippen molar-refractivity contribution >= 4 is 11.9 Å². The van der Waals surface area contributed by atoms with Gasteiger partial charge in [0.05, 0.1) is 6.54 Å². The number of nitrogens with one attached hydrogen (secondary N) is 1. The molecular formula is C11H20N2O3. The van der Waals surface area contributed by atoms with E-state index >= 15 is 0 Å². The van der Waals surface area contributed by atoms with Crippen molar-refractivity contribution in [1.82, 2.24) is 10.2 Å². The van der Waals surface area contributed by atoms with Gasteiger partial charge in [-0.1, -0.05) is 13.8 Å². The van der Waals surface area contributed by atoms with Crippen LogP contribution in [0.15, 0.2) is 0 Å². The molecule has 0 spiro atoms. The van der Waals surface area contributed by atoms with Crippen molar-refractivity contribution in [2.75, 3.05) is 19.6 Å². The predicted octanol–water partition coefficient (Wildman–Crippen LogP) is 0.308. The fraction of sp³-hybridized carbons (Fsp3) is 0.818. The molecule has 0 radical (unpaired) electrons. The molecule has 0 aromatic carbocycles. The van der Waals surface area contributed by atoms with Crippen LogP contribution in [0, 0.1) is 5.92 Å². The van der Waals surface area contributed by atoms with Crippen LogP contribution in [0.4, 0.5) is 0 Å². The minimum absolute atomic E-state index is 0.199. The molecule has 0 saturated heterocycles. The molecule has 1 saturated carbocycles. The third-order valence-corrected chi connectivity index (χ3v) is 2.45. The number of amides is 1. The van der Waals surface area contributed by atoms with E-state index in [9.17, 15) is 9.59 Å². The molecule has 1 fully saturated rings. The molecule has 2 N–H and O–H groups in total. The van der Waals surface area contributed by atoms with E-state index in [1.54, 1.807) is 0 Å². The Labute approximate surface area is 95.8 Å². The molecule has 0 heterocycles. The Kier molecular flexibility index (Phi) is 4.73. The molecule has 5 nitrogen and oxygen atoms in total. The topological polar surface area (TPSA) is 69.6 Å². The Morgan fingerprint density at radius 2 is 2.06 bits per heavy atom. The third kappa shape index (κ3) is 5.11. The van der Waals surface area contributed by atoms with E-state index in [4.69, 9.17) is 5.11 Å². The summed E-state index contributed by atoms with van der Waals surface area (Å²) in [5, 5.41) is 10.8. The second kappa shape index (κ2) is 5.84. The van der Waals surface area contributed by atoms with Crippen LogP contribution in [0.5, 0.6) is 0 Å². The van der Waals surface area contributed by atoms with Gasteiger partial charge in [-0.25, -0.2) is 0 Å². The van der Waals surface area contributed by atoms with Gasteiger partial charge in [0.25, 0.3) is 0 Å². The van der Waals surface area contributed by atoms with Gasteiger partial charge >= 0.3 is 5.97 Å². The van der Waals surface area contributed by atoms with E-state index in [2.05, 4.69) is 24.1 Å². The van der Waals surface area contributed by atoms with Crippen molar-refractivity contribution in [1.29, 1.82) is 0 Å². The van der Waals surface area contributed by atoms with Gasteiger partial charge in [-0.3, -0.25) is 14.5 Å². The fourth-order valence-electron chi connectivity index (χ4n) is 1.67. The number of nitrogens with zero attached hydrogens (tertiary/aromatic N) is 1. The normalized spacial score (nSPS) is 15.5. The number of carbonyl (C=O) groups excluding carboxylic acids is 1. The maximum atomic E-state index is 11.5. The first kappa shape index (κ1) is 13.0. The molecule has 16 heavy (non-hydrogen) atoms. The molecular weight excluding hydrogens is 208 g/mol. The summed E-state index contributed by atoms with van der Waals surface area (Å²) in [6.07, 6.45) is 2.30. The Hall–Kier alpha value is -1.10. The average molecular weight is 228 g/mol. The molecule has 92 valence electrons. The lowest BCUT2D eigenvalue weighted by Crippen LogP contribution is -2.41. The lowest BCUT2D eigenvalue weighted by molar-refractivity contribution is -0.138. The van der Waals surface area contributed by atoms with Gasteiger partial charge in [0.15, 0.2) is 0 Å². The average Bonchev–Trinajstić information content (AvgIpc) is 2.96. The summed E-state index contributed by atoms with van der Waals surface area (Å²) in [7, 11) is 0. The van der Waals surface area contributed by atoms with Crippen LogP contribution < -0.4 is 5.32 Å². The number of rotatable bonds is 7. The molecule has 0 aliphatic heterocycles. The predicted molar refractivity (Wildman–Crippen MR) is 60.1 cm³/mol. The maximum absolute atomic E-state index is 11.5. The first-order valence-corrected chi connectivity index (χ1v) is 5.71. The summed E-state index contributed by atoms with van der Waals surface area (Å²) >= 11 is 0. The summed E-state index contributed by atoms with van der Waals surface area (Å²) in [5.41, 5.74) is 0. The smallest absolute Gasteiger partial charge is 0.322 e. The molecule has 1 aliphatic rings. The summed E-state index contributed by atoms with van der Waals surface area (Å²) < 4.78 is 0. The molecule has 0 bridgehead atoms. The Bertz CT molecular complexity index is 262. The lowest BCUT2D eigenvalue weighted by atomic mass is 10.2. The fourth-order valence-corrected chi connectivity index (χ4v) is 1.67. The van der Waals surface area contributed by atoms with Crippen LogP contribution in [0.25, 0.3) is 0 Å². The SMILES string of the molecule is CC(C)CN(CC(=O)NCC(=O)O)C1CC1. The third-order valence-electron chi connectivity index (χ3n) is 2.45. The van der Waals surface area contributed by atoms with Crippen LogP contribution in [0.3, 0.4) is 0 Å². The quantitative estimate of drug-likeness (QED) is 0.658. The van der Waals surface area contributed by atoms with Gasteiger partial charge in [-0.05, 0) is 18.8 Å². The zero-order valence-corrected chi connectivity index (χ0v) is 9.90. The van der Waals surface area contributed by atoms with E-state index in [0.717, 1.165) is 19.4 Å². The highest BCUT2D eigenvalue weighted by Gasteiger charge is 2.30. The number of carboxylic acids is 1. The number of aliphatic carboxylic acids is 1. The molecule has 0 aromatic heterocycles. The molecule has 5 heteroatoms. The maximum Gasteiger partial charge on any atom is 0.322 e. The molecule has 1 rings (SSSR count). The second-order valence-corrected chi connectivity index (χ2v) is 4.72. The Morgan fingerprint density at radius 3 is 2.50 bits per heavy atom. The Morgan fingerprint density at radius 1 is 1.44 bits per heavy atom. The highest BCUT2D eigenvalue weighted by Crippen LogP contribution is 2.27. The van der Waals surface area contributed by atoms with E-state index in [1.165, 1.54) is 0 Å². The molecule has 1 aliphatic carbocycles. The minimum atomic E-state index is -1.00. The van der Waals surface area contributed by atoms with Crippen LogP contribution in [-0.4, -0.2) is 47.6 Å². The van der Waals surface area contributed by atoms with Crippen LogP contribution in [-0.2, 0) is 9.59 Å². The standard InChI is InChI=1S/C11H20N2O3/c1-8(2)6-13(9-3-4-9)7-10(14)12-5-11(15)16/h8-9H,3-7H2,1-2H3,(H,12,14)(H,15,16). The van der Waals surface area contributed by atoms with E-state index in [1.807, 2.05) is 0 Å². The van der Waals surface area contributed by atoms with Crippen molar-refractivity contribution in [2.24, 2.45) is 5.92 Å². The monoisotopic (exact) mass is 228 g/mol. The van der Waals surface area contributed by atoms with Gasteiger partial charge in [0.2, 0.25) is 5.91 Å². The van der Waals surface area contributed by atoms with Crippen molar-refractivity contribution in [3.63, 3.8) is 0 Å². The minimum Gasteiger partial charge on any atom is -0.480 e. The van der Waals surface area contributed by atoms with Crippen molar-refractivity contribution in [3.05, 3.63) is 0 Å². The van der Waals surface area contributed by atoms with E-state index in [-0.39, 0.29) is 12.5 Å². The lowest BCUT2D eigenvalue weighted by Gasteiger charge is -2.23. The Balaban J connectivity index is 2.30. The zero-order chi connectivity index (χ0) is 12.1. The van der Waals surface area contributed by atoms with Crippen molar-refractivity contribution in [2.45, 2.75) is 32.7 Å². The van der Waals surface area contributed by atoms with Crippen LogP contribution >= 0.6 is 0 Å². The highest BCUT2D eigenvalue weighted by molar-refractivity contribution is 5.82. The van der Waals surface area contributed by atoms with Crippen molar-refractivity contribution in [3.8, 4) is 0 Å². The van der Waals surface area contributed by atoms with Crippen LogP contribution in [0.2, 0.25) is 0 Å². The first-order chi connectivity index (χ1) is 7.49. The molecule has 1 amide bonds. The van der Waals surface area contributed by atoms with Gasteiger partial charge < -0.3 is 10.4 Å². The summed E-state index contributed by atoms with van der Waals surface area (Å²) in [6.45, 7) is 5.15. The zero-order valence-electron chi connectivity index (χ0n) is 9.90. The summed E-state index contributed by atoms with van der Waals surface area (Å²) in [6, 6.07) is 0.526. The number of carboxylic acid groups (broad SMARTS) is 1. The van der Waals surface area contributed by atoms with Gasteiger partial charge in [-0.15, -0.1) is 0 Å². The number of hydrogen-bond donors (Lipinski definition) is 2. The number of carbonyl (C=O) groups is 2. The molecule has 0 unspecified atom stereocenters. The summed E-state index contributed by atoms with van der Waals surface area (Å²) in [5.74, 6) is -0.682. The van der Waals surface area contributed by atoms with E-state index < -0.39 is 5.97 Å². The first-order valence-electron chi connectivity index (χ1n) is 5.71. The molecule has 0 aromatic rings. The van der Waals surface area contributed by atoms with Gasteiger partial charge in [0.1, 0.15) is 6.54 Å². The highest BCUT2D eigenvalue weighted by atomic mass is 16.4. The summed E-state index contributed by atoms with van der Waals surface area (Å²) in [4.78, 5) is 23.9. The van der Waals surface area contributed by atoms with Gasteiger partial charge in [0, 0.05) is 12.6 Å². The van der Waals surface area contributed by atoms with Crippen molar-refractivity contribution < 1.29 is 14.7 Å². The molecule has 0 atom stereocenters. The second-order valence-electron chi connectivity index (χ2n) is 4.72. The van der Waals surface area contributed by atoms with E-state index in [0.29, 0.717) is 18.5 Å². The number of hydrogen-bond acceptors (Lipinski definition) is 3. The largest absolute Gasteiger partial charge is 0.480 e. The van der Waals surface area contributed by atoms with Gasteiger partial charge in [-0.2, -0.15) is 0 Å².